The van der Waals surface area contributed by atoms with Gasteiger partial charge in [-0.25, -0.2) is 4.39 Å². The number of likely N-dealkylation sites (N-methyl/N-ethyl adjacent to an activating group) is 1. The molecule has 1 atom stereocenters. The van der Waals surface area contributed by atoms with Crippen molar-refractivity contribution in [3.8, 4) is 11.5 Å². The van der Waals surface area contributed by atoms with E-state index in [0.717, 1.165) is 5.56 Å². The molecule has 0 aliphatic rings. The molecule has 7 heteroatoms. The summed E-state index contributed by atoms with van der Waals surface area (Å²) >= 11 is 0. The Morgan fingerprint density at radius 1 is 1.24 bits per heavy atom. The molecule has 1 aromatic heterocycles. The third-order valence-corrected chi connectivity index (χ3v) is 3.75. The average Bonchev–Trinajstić information content (AvgIpc) is 3.04. The van der Waals surface area contributed by atoms with Crippen LogP contribution >= 0.6 is 0 Å². The van der Waals surface area contributed by atoms with Crippen molar-refractivity contribution in [3.63, 3.8) is 0 Å². The fraction of sp³-hybridized carbons (Fsp3) is 0.167. The predicted molar refractivity (Wildman–Crippen MR) is 89.5 cm³/mol. The van der Waals surface area contributed by atoms with E-state index >= 15 is 0 Å². The second-order valence-corrected chi connectivity index (χ2v) is 5.66. The predicted octanol–water partition coefficient (Wildman–Crippen LogP) is 2.53. The van der Waals surface area contributed by atoms with Crippen LogP contribution in [0.3, 0.4) is 0 Å². The topological polar surface area (TPSA) is 85.2 Å². The summed E-state index contributed by atoms with van der Waals surface area (Å²) in [6, 6.07) is 14.4. The second kappa shape index (κ2) is 7.23. The zero-order valence-corrected chi connectivity index (χ0v) is 13.6. The van der Waals surface area contributed by atoms with Crippen molar-refractivity contribution < 1.29 is 13.7 Å². The lowest BCUT2D eigenvalue weighted by Crippen LogP contribution is -2.35. The van der Waals surface area contributed by atoms with Gasteiger partial charge in [-0.3, -0.25) is 9.69 Å². The summed E-state index contributed by atoms with van der Waals surface area (Å²) in [5, 5.41) is 3.93. The molecule has 0 unspecified atom stereocenters. The second-order valence-electron chi connectivity index (χ2n) is 5.66. The maximum atomic E-state index is 13.5. The monoisotopic (exact) mass is 340 g/mol. The van der Waals surface area contributed by atoms with E-state index in [4.69, 9.17) is 10.3 Å². The maximum Gasteiger partial charge on any atom is 0.257 e. The third-order valence-electron chi connectivity index (χ3n) is 3.75. The molecular weight excluding hydrogens is 323 g/mol. The van der Waals surface area contributed by atoms with Crippen LogP contribution in [0.1, 0.15) is 17.4 Å². The molecule has 0 aliphatic carbocycles. The van der Waals surface area contributed by atoms with Gasteiger partial charge in [0.1, 0.15) is 11.9 Å². The number of primary amides is 1. The van der Waals surface area contributed by atoms with E-state index in [2.05, 4.69) is 10.1 Å². The first kappa shape index (κ1) is 16.8. The van der Waals surface area contributed by atoms with Crippen LogP contribution in [0.4, 0.5) is 4.39 Å². The van der Waals surface area contributed by atoms with Crippen molar-refractivity contribution in [2.45, 2.75) is 12.6 Å². The highest BCUT2D eigenvalue weighted by Crippen LogP contribution is 2.22. The number of nitrogens with zero attached hydrogens (tertiary/aromatic N) is 3. The highest BCUT2D eigenvalue weighted by molar-refractivity contribution is 5.81. The first-order valence-electron chi connectivity index (χ1n) is 7.67. The summed E-state index contributed by atoms with van der Waals surface area (Å²) in [5.74, 6) is -0.211. The minimum Gasteiger partial charge on any atom is -0.368 e. The number of hydrogen-bond acceptors (Lipinski definition) is 5. The summed E-state index contributed by atoms with van der Waals surface area (Å²) in [5.41, 5.74) is 6.78. The molecule has 2 aromatic carbocycles. The Hall–Kier alpha value is -3.06. The number of amides is 1. The molecule has 6 nitrogen and oxygen atoms in total. The van der Waals surface area contributed by atoms with Gasteiger partial charge in [-0.2, -0.15) is 4.98 Å². The molecule has 25 heavy (non-hydrogen) atoms. The number of rotatable bonds is 6. The van der Waals surface area contributed by atoms with Gasteiger partial charge in [-0.1, -0.05) is 35.5 Å². The van der Waals surface area contributed by atoms with Gasteiger partial charge in [0.15, 0.2) is 5.82 Å². The van der Waals surface area contributed by atoms with E-state index in [1.54, 1.807) is 18.0 Å². The standard InChI is InChI=1S/C18H17FN4O2/c1-23(16(17(20)24)13-8-5-9-14(19)10-13)11-15-21-18(25-22-15)12-6-3-2-4-7-12/h2-10,16H,11H2,1H3,(H2,20,24)/t16-/m0/s1. The lowest BCUT2D eigenvalue weighted by atomic mass is 10.0. The van der Waals surface area contributed by atoms with Gasteiger partial charge in [-0.15, -0.1) is 0 Å². The highest BCUT2D eigenvalue weighted by atomic mass is 19.1. The number of carbonyl (C=O) groups excluding carboxylic acids is 1. The highest BCUT2D eigenvalue weighted by Gasteiger charge is 2.24. The number of carbonyl (C=O) groups is 1. The third kappa shape index (κ3) is 3.89. The molecule has 0 saturated carbocycles. The van der Waals surface area contributed by atoms with Crippen LogP contribution in [0, 0.1) is 5.82 Å². The van der Waals surface area contributed by atoms with Crippen molar-refractivity contribution in [1.29, 1.82) is 0 Å². The minimum atomic E-state index is -0.797. The van der Waals surface area contributed by atoms with Gasteiger partial charge in [0.25, 0.3) is 5.89 Å². The first-order chi connectivity index (χ1) is 12.0. The molecule has 0 saturated heterocycles. The number of aromatic nitrogens is 2. The molecule has 3 rings (SSSR count). The van der Waals surface area contributed by atoms with Crippen LogP contribution in [0.15, 0.2) is 59.1 Å². The van der Waals surface area contributed by atoms with Crippen LogP contribution in [0.2, 0.25) is 0 Å². The van der Waals surface area contributed by atoms with E-state index < -0.39 is 17.8 Å². The average molecular weight is 340 g/mol. The molecule has 0 bridgehead atoms. The molecule has 0 fully saturated rings. The Morgan fingerprint density at radius 3 is 2.68 bits per heavy atom. The molecule has 0 spiro atoms. The molecule has 1 heterocycles. The lowest BCUT2D eigenvalue weighted by Gasteiger charge is -2.24. The summed E-state index contributed by atoms with van der Waals surface area (Å²) in [6.07, 6.45) is 0. The Labute approximate surface area is 144 Å². The van der Waals surface area contributed by atoms with Crippen molar-refractivity contribution in [2.75, 3.05) is 7.05 Å². The molecule has 3 aromatic rings. The molecule has 128 valence electrons. The van der Waals surface area contributed by atoms with E-state index in [1.807, 2.05) is 30.3 Å². The fourth-order valence-corrected chi connectivity index (χ4v) is 2.64. The Balaban J connectivity index is 1.79. The van der Waals surface area contributed by atoms with Crippen LogP contribution < -0.4 is 5.73 Å². The van der Waals surface area contributed by atoms with Gasteiger partial charge in [-0.05, 0) is 36.9 Å². The number of benzene rings is 2. The van der Waals surface area contributed by atoms with E-state index in [9.17, 15) is 9.18 Å². The number of hydrogen-bond donors (Lipinski definition) is 1. The van der Waals surface area contributed by atoms with Gasteiger partial charge in [0, 0.05) is 5.56 Å². The quantitative estimate of drug-likeness (QED) is 0.745. The van der Waals surface area contributed by atoms with Crippen molar-refractivity contribution in [3.05, 3.63) is 71.8 Å². The van der Waals surface area contributed by atoms with E-state index in [1.165, 1.54) is 18.2 Å². The summed E-state index contributed by atoms with van der Waals surface area (Å²) in [7, 11) is 1.69. The maximum absolute atomic E-state index is 13.5. The number of nitrogens with two attached hydrogens (primary N) is 1. The van der Waals surface area contributed by atoms with Gasteiger partial charge < -0.3 is 10.3 Å². The van der Waals surface area contributed by atoms with Gasteiger partial charge >= 0.3 is 0 Å². The number of halogens is 1. The van der Waals surface area contributed by atoms with Crippen molar-refractivity contribution >= 4 is 5.91 Å². The normalized spacial score (nSPS) is 12.3. The summed E-state index contributed by atoms with van der Waals surface area (Å²) < 4.78 is 18.7. The SMILES string of the molecule is CN(Cc1noc(-c2ccccc2)n1)[C@H](C(N)=O)c1cccc(F)c1. The zero-order valence-electron chi connectivity index (χ0n) is 13.6. The van der Waals surface area contributed by atoms with Crippen LogP contribution in [0.5, 0.6) is 0 Å². The largest absolute Gasteiger partial charge is 0.368 e. The van der Waals surface area contributed by atoms with Crippen LogP contribution in [-0.4, -0.2) is 28.0 Å². The Bertz CT molecular complexity index is 866. The smallest absolute Gasteiger partial charge is 0.257 e. The fourth-order valence-electron chi connectivity index (χ4n) is 2.64. The van der Waals surface area contributed by atoms with Crippen molar-refractivity contribution in [1.82, 2.24) is 15.0 Å². The Kier molecular flexibility index (Phi) is 4.85. The molecule has 0 radical (unpaired) electrons. The Morgan fingerprint density at radius 2 is 2.00 bits per heavy atom. The van der Waals surface area contributed by atoms with Crippen LogP contribution in [-0.2, 0) is 11.3 Å². The molecule has 2 N–H and O–H groups in total. The first-order valence-corrected chi connectivity index (χ1v) is 7.67. The molecule has 0 aliphatic heterocycles. The minimum absolute atomic E-state index is 0.223. The zero-order chi connectivity index (χ0) is 17.8. The van der Waals surface area contributed by atoms with E-state index in [0.29, 0.717) is 17.3 Å². The van der Waals surface area contributed by atoms with E-state index in [-0.39, 0.29) is 6.54 Å². The summed E-state index contributed by atoms with van der Waals surface area (Å²) in [6.45, 7) is 0.223. The van der Waals surface area contributed by atoms with Crippen LogP contribution in [0.25, 0.3) is 11.5 Å². The lowest BCUT2D eigenvalue weighted by molar-refractivity contribution is -0.123. The van der Waals surface area contributed by atoms with Gasteiger partial charge in [0.2, 0.25) is 5.91 Å². The van der Waals surface area contributed by atoms with Gasteiger partial charge in [0.05, 0.1) is 6.54 Å². The van der Waals surface area contributed by atoms with Crippen molar-refractivity contribution in [2.24, 2.45) is 5.73 Å². The molecular formula is C18H17FN4O2. The summed E-state index contributed by atoms with van der Waals surface area (Å²) in [4.78, 5) is 17.8. The molecule has 1 amide bonds.